The molecule has 2 aromatic carbocycles. The van der Waals surface area contributed by atoms with Crippen molar-refractivity contribution in [2.75, 3.05) is 45.9 Å². The Morgan fingerprint density at radius 2 is 1.68 bits per heavy atom. The zero-order valence-electron chi connectivity index (χ0n) is 14.9. The van der Waals surface area contributed by atoms with Gasteiger partial charge in [-0.15, -0.1) is 0 Å². The Hall–Kier alpha value is -2.40. The van der Waals surface area contributed by atoms with E-state index in [4.69, 9.17) is 14.2 Å². The summed E-state index contributed by atoms with van der Waals surface area (Å²) in [6, 6.07) is 13.1. The largest absolute Gasteiger partial charge is 0.497 e. The van der Waals surface area contributed by atoms with E-state index in [1.54, 1.807) is 21.3 Å². The second kappa shape index (κ2) is 6.48. The molecule has 1 fully saturated rings. The molecule has 0 saturated carbocycles. The summed E-state index contributed by atoms with van der Waals surface area (Å²) in [4.78, 5) is 2.50. The minimum atomic E-state index is 0.300. The van der Waals surface area contributed by atoms with Gasteiger partial charge in [-0.2, -0.15) is 0 Å². The average Bonchev–Trinajstić information content (AvgIpc) is 3.00. The van der Waals surface area contributed by atoms with Crippen LogP contribution in [0.3, 0.4) is 0 Å². The van der Waals surface area contributed by atoms with Gasteiger partial charge < -0.3 is 24.4 Å². The molecule has 4 rings (SSSR count). The fourth-order valence-electron chi connectivity index (χ4n) is 4.12. The minimum Gasteiger partial charge on any atom is -0.497 e. The van der Waals surface area contributed by atoms with Gasteiger partial charge >= 0.3 is 0 Å². The second-order valence-corrected chi connectivity index (χ2v) is 6.48. The first-order chi connectivity index (χ1) is 12.3. The first-order valence-corrected chi connectivity index (χ1v) is 8.64. The number of hydrogen-bond donors (Lipinski definition) is 1. The van der Waals surface area contributed by atoms with E-state index >= 15 is 0 Å². The summed E-state index contributed by atoms with van der Waals surface area (Å²) in [5.74, 6) is 2.75. The number of nitrogens with one attached hydrogen (secondary N) is 1. The predicted molar refractivity (Wildman–Crippen MR) is 98.4 cm³/mol. The van der Waals surface area contributed by atoms with Crippen LogP contribution in [0, 0.1) is 0 Å². The molecule has 1 N–H and O–H groups in total. The fourth-order valence-corrected chi connectivity index (χ4v) is 4.12. The lowest BCUT2D eigenvalue weighted by Crippen LogP contribution is -2.50. The monoisotopic (exact) mass is 340 g/mol. The molecular formula is C20H24N2O3. The first kappa shape index (κ1) is 16.1. The van der Waals surface area contributed by atoms with Gasteiger partial charge in [0.2, 0.25) is 0 Å². The topological polar surface area (TPSA) is 43.0 Å². The van der Waals surface area contributed by atoms with Crippen molar-refractivity contribution in [1.29, 1.82) is 0 Å². The van der Waals surface area contributed by atoms with Gasteiger partial charge in [0.25, 0.3) is 0 Å². The Labute approximate surface area is 148 Å². The van der Waals surface area contributed by atoms with Gasteiger partial charge in [0.05, 0.1) is 27.4 Å². The van der Waals surface area contributed by atoms with Crippen LogP contribution in [0.15, 0.2) is 36.4 Å². The molecule has 2 heterocycles. The molecule has 2 aliphatic heterocycles. The third-order valence-corrected chi connectivity index (χ3v) is 5.32. The molecule has 0 aliphatic carbocycles. The van der Waals surface area contributed by atoms with E-state index in [0.29, 0.717) is 12.0 Å². The molecule has 1 saturated heterocycles. The zero-order valence-corrected chi connectivity index (χ0v) is 14.9. The molecule has 25 heavy (non-hydrogen) atoms. The van der Waals surface area contributed by atoms with Gasteiger partial charge in [-0.3, -0.25) is 0 Å². The van der Waals surface area contributed by atoms with Crippen molar-refractivity contribution in [3.63, 3.8) is 0 Å². The molecule has 5 nitrogen and oxygen atoms in total. The molecule has 2 aromatic rings. The molecule has 132 valence electrons. The molecular weight excluding hydrogens is 316 g/mol. The van der Waals surface area contributed by atoms with Crippen LogP contribution in [0.4, 0.5) is 5.69 Å². The van der Waals surface area contributed by atoms with E-state index in [-0.39, 0.29) is 0 Å². The molecule has 2 unspecified atom stereocenters. The van der Waals surface area contributed by atoms with Crippen LogP contribution in [-0.4, -0.2) is 47.0 Å². The Morgan fingerprint density at radius 1 is 0.960 bits per heavy atom. The standard InChI is InChI=1S/C20H24N2O3/c1-23-14-6-4-13(5-7-14)20-15-10-18(24-2)19(25-3)11-16(15)22-9-8-21-12-17(20)22/h4-7,10-11,17,20-21H,8-9,12H2,1-3H3. The van der Waals surface area contributed by atoms with Crippen LogP contribution in [-0.2, 0) is 0 Å². The molecule has 2 atom stereocenters. The van der Waals surface area contributed by atoms with E-state index < -0.39 is 0 Å². The van der Waals surface area contributed by atoms with Crippen molar-refractivity contribution in [3.05, 3.63) is 47.5 Å². The quantitative estimate of drug-likeness (QED) is 0.927. The number of rotatable bonds is 4. The van der Waals surface area contributed by atoms with Gasteiger partial charge in [-0.05, 0) is 29.3 Å². The van der Waals surface area contributed by atoms with Crippen molar-refractivity contribution in [3.8, 4) is 17.2 Å². The second-order valence-electron chi connectivity index (χ2n) is 6.48. The van der Waals surface area contributed by atoms with Crippen LogP contribution >= 0.6 is 0 Å². The van der Waals surface area contributed by atoms with Crippen LogP contribution in [0.25, 0.3) is 0 Å². The summed E-state index contributed by atoms with van der Waals surface area (Å²) in [6.07, 6.45) is 0. The highest BCUT2D eigenvalue weighted by atomic mass is 16.5. The maximum atomic E-state index is 5.56. The van der Waals surface area contributed by atoms with Crippen LogP contribution in [0.5, 0.6) is 17.2 Å². The predicted octanol–water partition coefficient (Wildman–Crippen LogP) is 2.64. The van der Waals surface area contributed by atoms with Gasteiger partial charge in [0, 0.05) is 37.3 Å². The summed E-state index contributed by atoms with van der Waals surface area (Å²) < 4.78 is 16.4. The number of ether oxygens (including phenoxy) is 3. The van der Waals surface area contributed by atoms with E-state index in [0.717, 1.165) is 36.9 Å². The highest BCUT2D eigenvalue weighted by molar-refractivity contribution is 5.70. The lowest BCUT2D eigenvalue weighted by molar-refractivity contribution is 0.355. The SMILES string of the molecule is COc1ccc(C2c3cc(OC)c(OC)cc3N3CCNCC23)cc1. The van der Waals surface area contributed by atoms with Gasteiger partial charge in [-0.1, -0.05) is 12.1 Å². The van der Waals surface area contributed by atoms with Crippen molar-refractivity contribution in [2.45, 2.75) is 12.0 Å². The number of anilines is 1. The minimum absolute atomic E-state index is 0.300. The summed E-state index contributed by atoms with van der Waals surface area (Å²) in [5.41, 5.74) is 3.85. The van der Waals surface area contributed by atoms with Crippen molar-refractivity contribution in [1.82, 2.24) is 5.32 Å². The van der Waals surface area contributed by atoms with Crippen molar-refractivity contribution >= 4 is 5.69 Å². The van der Waals surface area contributed by atoms with Crippen LogP contribution in [0.1, 0.15) is 17.0 Å². The Kier molecular flexibility index (Phi) is 4.17. The fraction of sp³-hybridized carbons (Fsp3) is 0.400. The first-order valence-electron chi connectivity index (χ1n) is 8.64. The number of hydrogen-bond acceptors (Lipinski definition) is 5. The number of piperazine rings is 1. The summed E-state index contributed by atoms with van der Waals surface area (Å²) >= 11 is 0. The lowest BCUT2D eigenvalue weighted by atomic mass is 9.87. The number of benzene rings is 2. The molecule has 5 heteroatoms. The summed E-state index contributed by atoms with van der Waals surface area (Å²) in [7, 11) is 5.08. The van der Waals surface area contributed by atoms with Gasteiger partial charge in [-0.25, -0.2) is 0 Å². The lowest BCUT2D eigenvalue weighted by Gasteiger charge is -2.35. The zero-order chi connectivity index (χ0) is 17.4. The summed E-state index contributed by atoms with van der Waals surface area (Å²) in [6.45, 7) is 2.97. The van der Waals surface area contributed by atoms with Crippen molar-refractivity contribution < 1.29 is 14.2 Å². The Balaban J connectivity index is 1.83. The summed E-state index contributed by atoms with van der Waals surface area (Å²) in [5, 5.41) is 3.54. The molecule has 0 amide bonds. The number of nitrogens with zero attached hydrogens (tertiary/aromatic N) is 1. The highest BCUT2D eigenvalue weighted by Gasteiger charge is 2.41. The van der Waals surface area contributed by atoms with E-state index in [9.17, 15) is 0 Å². The maximum Gasteiger partial charge on any atom is 0.162 e. The smallest absolute Gasteiger partial charge is 0.162 e. The van der Waals surface area contributed by atoms with E-state index in [1.807, 2.05) is 12.1 Å². The van der Waals surface area contributed by atoms with Gasteiger partial charge in [0.1, 0.15) is 5.75 Å². The average molecular weight is 340 g/mol. The maximum absolute atomic E-state index is 5.56. The van der Waals surface area contributed by atoms with Crippen LogP contribution < -0.4 is 24.4 Å². The number of methoxy groups -OCH3 is 3. The molecule has 0 spiro atoms. The third kappa shape index (κ3) is 2.59. The normalized spacial score (nSPS) is 21.5. The van der Waals surface area contributed by atoms with E-state index in [1.165, 1.54) is 16.8 Å². The van der Waals surface area contributed by atoms with Crippen LogP contribution in [0.2, 0.25) is 0 Å². The molecule has 0 aromatic heterocycles. The Bertz CT molecular complexity index is 760. The van der Waals surface area contributed by atoms with E-state index in [2.05, 4.69) is 34.5 Å². The molecule has 2 aliphatic rings. The molecule has 0 bridgehead atoms. The van der Waals surface area contributed by atoms with Crippen molar-refractivity contribution in [2.24, 2.45) is 0 Å². The highest BCUT2D eigenvalue weighted by Crippen LogP contribution is 2.49. The Morgan fingerprint density at radius 3 is 2.36 bits per heavy atom. The number of fused-ring (bicyclic) bond motifs is 3. The third-order valence-electron chi connectivity index (χ3n) is 5.32. The van der Waals surface area contributed by atoms with Gasteiger partial charge in [0.15, 0.2) is 11.5 Å². The molecule has 0 radical (unpaired) electrons.